The van der Waals surface area contributed by atoms with E-state index in [9.17, 15) is 13.2 Å². The van der Waals surface area contributed by atoms with Crippen LogP contribution >= 0.6 is 0 Å². The van der Waals surface area contributed by atoms with Crippen molar-refractivity contribution in [1.29, 1.82) is 0 Å². The monoisotopic (exact) mass is 347 g/mol. The predicted molar refractivity (Wildman–Crippen MR) is 89.4 cm³/mol. The largest absolute Gasteiger partial charge is 0.337 e. The van der Waals surface area contributed by atoms with Crippen molar-refractivity contribution >= 4 is 16.2 Å². The highest BCUT2D eigenvalue weighted by molar-refractivity contribution is 7.87. The van der Waals surface area contributed by atoms with E-state index in [0.717, 1.165) is 25.6 Å². The van der Waals surface area contributed by atoms with Crippen LogP contribution in [0.1, 0.15) is 19.8 Å². The summed E-state index contributed by atoms with van der Waals surface area (Å²) in [5, 5.41) is 2.94. The van der Waals surface area contributed by atoms with Gasteiger partial charge >= 0.3 is 6.03 Å². The summed E-state index contributed by atoms with van der Waals surface area (Å²) < 4.78 is 27.1. The number of nitrogens with zero attached hydrogens (tertiary/aromatic N) is 3. The number of carbonyl (C=O) groups excluding carboxylic acids is 1. The summed E-state index contributed by atoms with van der Waals surface area (Å²) in [7, 11) is -1.99. The van der Waals surface area contributed by atoms with E-state index in [1.807, 2.05) is 0 Å². The first-order chi connectivity index (χ1) is 10.9. The molecule has 0 spiro atoms. The highest BCUT2D eigenvalue weighted by Gasteiger charge is 2.27. The van der Waals surface area contributed by atoms with Gasteiger partial charge < -0.3 is 15.1 Å². The number of amides is 2. The van der Waals surface area contributed by atoms with Crippen LogP contribution < -0.4 is 10.0 Å². The molecular formula is C14H29N5O3S. The molecule has 2 N–H and O–H groups in total. The van der Waals surface area contributed by atoms with E-state index in [4.69, 9.17) is 0 Å². The van der Waals surface area contributed by atoms with Gasteiger partial charge in [-0.1, -0.05) is 6.92 Å². The van der Waals surface area contributed by atoms with Crippen LogP contribution in [0, 0.1) is 5.92 Å². The van der Waals surface area contributed by atoms with Gasteiger partial charge in [-0.2, -0.15) is 12.7 Å². The molecule has 0 aromatic carbocycles. The molecule has 2 aliphatic rings. The summed E-state index contributed by atoms with van der Waals surface area (Å²) in [6.07, 6.45) is 2.46. The minimum absolute atomic E-state index is 0.100. The van der Waals surface area contributed by atoms with Gasteiger partial charge in [-0.05, 0) is 31.8 Å². The summed E-state index contributed by atoms with van der Waals surface area (Å²) >= 11 is 0. The Labute approximate surface area is 139 Å². The molecule has 0 saturated carbocycles. The van der Waals surface area contributed by atoms with Gasteiger partial charge in [0.2, 0.25) is 0 Å². The Balaban J connectivity index is 1.65. The fraction of sp³-hybridized carbons (Fsp3) is 0.929. The SMILES string of the molecule is CNS(=O)(=O)N1CCN(C(=O)NCCN2CCC(C)CC2)CC1. The third-order valence-corrected chi connectivity index (χ3v) is 6.27. The Morgan fingerprint density at radius 3 is 2.26 bits per heavy atom. The zero-order valence-electron chi connectivity index (χ0n) is 14.1. The lowest BCUT2D eigenvalue weighted by molar-refractivity contribution is 0.165. The van der Waals surface area contributed by atoms with Crippen LogP contribution in [-0.2, 0) is 10.2 Å². The lowest BCUT2D eigenvalue weighted by Crippen LogP contribution is -2.55. The van der Waals surface area contributed by atoms with Crippen molar-refractivity contribution in [2.75, 3.05) is 59.4 Å². The topological polar surface area (TPSA) is 85.0 Å². The van der Waals surface area contributed by atoms with Crippen molar-refractivity contribution in [2.45, 2.75) is 19.8 Å². The number of rotatable bonds is 5. The highest BCUT2D eigenvalue weighted by atomic mass is 32.2. The molecule has 2 amide bonds. The number of carbonyl (C=O) groups is 1. The molecule has 2 fully saturated rings. The van der Waals surface area contributed by atoms with Gasteiger partial charge in [-0.15, -0.1) is 0 Å². The smallest absolute Gasteiger partial charge is 0.317 e. The molecular weight excluding hydrogens is 318 g/mol. The Morgan fingerprint density at radius 1 is 1.09 bits per heavy atom. The third-order valence-electron chi connectivity index (χ3n) is 4.70. The first kappa shape index (κ1) is 18.4. The van der Waals surface area contributed by atoms with Gasteiger partial charge in [0, 0.05) is 46.3 Å². The Bertz CT molecular complexity index is 483. The van der Waals surface area contributed by atoms with E-state index in [0.29, 0.717) is 32.7 Å². The molecule has 0 unspecified atom stereocenters. The van der Waals surface area contributed by atoms with Crippen molar-refractivity contribution < 1.29 is 13.2 Å². The number of nitrogens with one attached hydrogen (secondary N) is 2. The summed E-state index contributed by atoms with van der Waals surface area (Å²) in [5.74, 6) is 0.811. The second-order valence-corrected chi connectivity index (χ2v) is 8.23. The van der Waals surface area contributed by atoms with E-state index in [1.165, 1.54) is 24.2 Å². The van der Waals surface area contributed by atoms with Gasteiger partial charge in [0.25, 0.3) is 10.2 Å². The first-order valence-corrected chi connectivity index (χ1v) is 9.80. The van der Waals surface area contributed by atoms with Crippen LogP contribution in [0.2, 0.25) is 0 Å². The molecule has 134 valence electrons. The molecule has 0 aliphatic carbocycles. The fourth-order valence-corrected chi connectivity index (χ4v) is 3.88. The minimum Gasteiger partial charge on any atom is -0.337 e. The lowest BCUT2D eigenvalue weighted by Gasteiger charge is -2.34. The van der Waals surface area contributed by atoms with E-state index in [-0.39, 0.29) is 6.03 Å². The quantitative estimate of drug-likeness (QED) is 0.703. The van der Waals surface area contributed by atoms with Gasteiger partial charge in [-0.3, -0.25) is 0 Å². The summed E-state index contributed by atoms with van der Waals surface area (Å²) in [6, 6.07) is -0.100. The zero-order chi connectivity index (χ0) is 16.9. The molecule has 23 heavy (non-hydrogen) atoms. The van der Waals surface area contributed by atoms with Crippen molar-refractivity contribution in [3.05, 3.63) is 0 Å². The maximum absolute atomic E-state index is 12.1. The Morgan fingerprint density at radius 2 is 1.70 bits per heavy atom. The molecule has 2 heterocycles. The number of hydrogen-bond donors (Lipinski definition) is 2. The lowest BCUT2D eigenvalue weighted by atomic mass is 9.99. The maximum Gasteiger partial charge on any atom is 0.317 e. The van der Waals surface area contributed by atoms with Crippen molar-refractivity contribution in [3.8, 4) is 0 Å². The van der Waals surface area contributed by atoms with E-state index < -0.39 is 10.2 Å². The van der Waals surface area contributed by atoms with Crippen LogP contribution in [0.5, 0.6) is 0 Å². The molecule has 8 nitrogen and oxygen atoms in total. The summed E-state index contributed by atoms with van der Waals surface area (Å²) in [4.78, 5) is 16.2. The molecule has 0 aromatic heterocycles. The second kappa shape index (κ2) is 8.27. The van der Waals surface area contributed by atoms with Crippen LogP contribution in [0.4, 0.5) is 4.79 Å². The molecule has 0 atom stereocenters. The Hall–Kier alpha value is -0.900. The standard InChI is InChI=1S/C14H29N5O3S/c1-13-3-6-17(7-4-13)8-5-16-14(20)18-9-11-19(12-10-18)23(21,22)15-2/h13,15H,3-12H2,1-2H3,(H,16,20). The average molecular weight is 347 g/mol. The van der Waals surface area contributed by atoms with Gasteiger partial charge in [0.05, 0.1) is 0 Å². The molecule has 0 aromatic rings. The third kappa shape index (κ3) is 5.30. The second-order valence-electron chi connectivity index (χ2n) is 6.35. The van der Waals surface area contributed by atoms with Crippen molar-refractivity contribution in [3.63, 3.8) is 0 Å². The van der Waals surface area contributed by atoms with E-state index >= 15 is 0 Å². The van der Waals surface area contributed by atoms with Crippen LogP contribution in [0.15, 0.2) is 0 Å². The molecule has 2 saturated heterocycles. The van der Waals surface area contributed by atoms with Crippen LogP contribution in [-0.4, -0.2) is 88.0 Å². The first-order valence-electron chi connectivity index (χ1n) is 8.36. The number of piperazine rings is 1. The number of hydrogen-bond acceptors (Lipinski definition) is 4. The number of likely N-dealkylation sites (tertiary alicyclic amines) is 1. The van der Waals surface area contributed by atoms with E-state index in [1.54, 1.807) is 4.90 Å². The highest BCUT2D eigenvalue weighted by Crippen LogP contribution is 2.15. The van der Waals surface area contributed by atoms with Crippen molar-refractivity contribution in [2.24, 2.45) is 5.92 Å². The summed E-state index contributed by atoms with van der Waals surface area (Å²) in [5.41, 5.74) is 0. The number of piperidine rings is 1. The maximum atomic E-state index is 12.1. The van der Waals surface area contributed by atoms with Crippen LogP contribution in [0.3, 0.4) is 0 Å². The van der Waals surface area contributed by atoms with Crippen molar-refractivity contribution in [1.82, 2.24) is 24.1 Å². The normalized spacial score (nSPS) is 22.3. The van der Waals surface area contributed by atoms with Crippen LogP contribution in [0.25, 0.3) is 0 Å². The average Bonchev–Trinajstić information content (AvgIpc) is 2.56. The van der Waals surface area contributed by atoms with Gasteiger partial charge in [0.15, 0.2) is 0 Å². The van der Waals surface area contributed by atoms with Gasteiger partial charge in [-0.25, -0.2) is 9.52 Å². The van der Waals surface area contributed by atoms with Gasteiger partial charge in [0.1, 0.15) is 0 Å². The zero-order valence-corrected chi connectivity index (χ0v) is 14.9. The summed E-state index contributed by atoms with van der Waals surface area (Å²) in [6.45, 7) is 7.54. The molecule has 2 rings (SSSR count). The number of urea groups is 1. The van der Waals surface area contributed by atoms with E-state index in [2.05, 4.69) is 21.9 Å². The molecule has 9 heteroatoms. The Kier molecular flexibility index (Phi) is 6.63. The molecule has 2 aliphatic heterocycles. The predicted octanol–water partition coefficient (Wildman–Crippen LogP) is -0.490. The molecule has 0 radical (unpaired) electrons. The minimum atomic E-state index is -3.39. The molecule has 0 bridgehead atoms. The fourth-order valence-electron chi connectivity index (χ4n) is 2.98.